The summed E-state index contributed by atoms with van der Waals surface area (Å²) >= 11 is 8.86. The fourth-order valence-corrected chi connectivity index (χ4v) is 3.12. The van der Waals surface area contributed by atoms with Crippen molar-refractivity contribution < 1.29 is 12.8 Å². The second-order valence-corrected chi connectivity index (χ2v) is 6.89. The van der Waals surface area contributed by atoms with Crippen molar-refractivity contribution in [2.24, 2.45) is 0 Å². The van der Waals surface area contributed by atoms with E-state index in [0.717, 1.165) is 6.07 Å². The zero-order chi connectivity index (χ0) is 14.9. The normalized spacial score (nSPS) is 11.3. The Labute approximate surface area is 128 Å². The van der Waals surface area contributed by atoms with E-state index in [9.17, 15) is 12.8 Å². The van der Waals surface area contributed by atoms with Crippen molar-refractivity contribution in [1.82, 2.24) is 0 Å². The van der Waals surface area contributed by atoms with Gasteiger partial charge in [-0.1, -0.05) is 27.5 Å². The first kappa shape index (κ1) is 15.1. The van der Waals surface area contributed by atoms with E-state index in [1.54, 1.807) is 0 Å². The van der Waals surface area contributed by atoms with Crippen LogP contribution < -0.4 is 10.5 Å². The minimum absolute atomic E-state index is 0.200. The molecule has 0 unspecified atom stereocenters. The summed E-state index contributed by atoms with van der Waals surface area (Å²) in [5, 5.41) is 0.210. The van der Waals surface area contributed by atoms with E-state index in [-0.39, 0.29) is 10.7 Å². The first-order chi connectivity index (χ1) is 9.29. The highest BCUT2D eigenvalue weighted by Crippen LogP contribution is 2.26. The molecule has 0 saturated heterocycles. The molecule has 20 heavy (non-hydrogen) atoms. The molecule has 0 aromatic heterocycles. The van der Waals surface area contributed by atoms with Crippen LogP contribution in [-0.4, -0.2) is 8.42 Å². The number of hydrogen-bond acceptors (Lipinski definition) is 3. The fourth-order valence-electron chi connectivity index (χ4n) is 1.49. The largest absolute Gasteiger partial charge is 0.398 e. The second-order valence-electron chi connectivity index (χ2n) is 3.92. The van der Waals surface area contributed by atoms with Gasteiger partial charge in [-0.05, 0) is 36.4 Å². The van der Waals surface area contributed by atoms with E-state index in [4.69, 9.17) is 17.3 Å². The van der Waals surface area contributed by atoms with Gasteiger partial charge in [0, 0.05) is 4.47 Å². The molecule has 8 heteroatoms. The van der Waals surface area contributed by atoms with Gasteiger partial charge in [0.15, 0.2) is 0 Å². The van der Waals surface area contributed by atoms with Crippen LogP contribution in [0.1, 0.15) is 0 Å². The highest BCUT2D eigenvalue weighted by molar-refractivity contribution is 9.10. The van der Waals surface area contributed by atoms with Crippen LogP contribution in [0.15, 0.2) is 45.8 Å². The number of anilines is 2. The third kappa shape index (κ3) is 3.23. The van der Waals surface area contributed by atoms with Gasteiger partial charge in [-0.15, -0.1) is 0 Å². The summed E-state index contributed by atoms with van der Waals surface area (Å²) < 4.78 is 40.6. The number of rotatable bonds is 3. The molecule has 0 aliphatic heterocycles. The van der Waals surface area contributed by atoms with Crippen molar-refractivity contribution >= 4 is 48.9 Å². The van der Waals surface area contributed by atoms with Gasteiger partial charge in [-0.2, -0.15) is 0 Å². The van der Waals surface area contributed by atoms with Crippen LogP contribution in [0.5, 0.6) is 0 Å². The van der Waals surface area contributed by atoms with Crippen molar-refractivity contribution in [3.8, 4) is 0 Å². The fraction of sp³-hybridized carbons (Fsp3) is 0. The third-order valence-corrected chi connectivity index (χ3v) is 4.67. The van der Waals surface area contributed by atoms with Gasteiger partial charge < -0.3 is 5.73 Å². The number of halogens is 3. The number of benzene rings is 2. The molecule has 0 saturated carbocycles. The average Bonchev–Trinajstić information content (AvgIpc) is 2.33. The standard InChI is InChI=1S/C12H9BrClFN2O2S/c13-7-1-4-12(10(15)5-7)20(18,19)17-8-2-3-11(16)9(14)6-8/h1-6,17H,16H2. The van der Waals surface area contributed by atoms with Crippen molar-refractivity contribution in [3.63, 3.8) is 0 Å². The van der Waals surface area contributed by atoms with Crippen molar-refractivity contribution in [2.45, 2.75) is 4.90 Å². The summed E-state index contributed by atoms with van der Waals surface area (Å²) in [5.74, 6) is -0.853. The highest BCUT2D eigenvalue weighted by atomic mass is 79.9. The zero-order valence-corrected chi connectivity index (χ0v) is 13.1. The Kier molecular flexibility index (Phi) is 4.22. The van der Waals surface area contributed by atoms with Crippen LogP contribution in [0.4, 0.5) is 15.8 Å². The third-order valence-electron chi connectivity index (χ3n) is 2.44. The van der Waals surface area contributed by atoms with Crippen LogP contribution in [0.25, 0.3) is 0 Å². The SMILES string of the molecule is Nc1ccc(NS(=O)(=O)c2ccc(Br)cc2F)cc1Cl. The molecule has 106 valence electrons. The lowest BCUT2D eigenvalue weighted by Gasteiger charge is -2.10. The first-order valence-corrected chi connectivity index (χ1v) is 7.98. The minimum Gasteiger partial charge on any atom is -0.398 e. The van der Waals surface area contributed by atoms with Crippen LogP contribution in [0.3, 0.4) is 0 Å². The lowest BCUT2D eigenvalue weighted by atomic mass is 10.3. The Hall–Kier alpha value is -1.31. The second kappa shape index (κ2) is 5.59. The minimum atomic E-state index is -4.04. The Morgan fingerprint density at radius 2 is 1.90 bits per heavy atom. The van der Waals surface area contributed by atoms with Crippen LogP contribution >= 0.6 is 27.5 Å². The van der Waals surface area contributed by atoms with Gasteiger partial charge in [0.05, 0.1) is 16.4 Å². The van der Waals surface area contributed by atoms with Gasteiger partial charge in [0.25, 0.3) is 10.0 Å². The van der Waals surface area contributed by atoms with E-state index in [2.05, 4.69) is 20.7 Å². The maximum Gasteiger partial charge on any atom is 0.264 e. The molecule has 0 fully saturated rings. The topological polar surface area (TPSA) is 72.2 Å². The van der Waals surface area contributed by atoms with Crippen molar-refractivity contribution in [2.75, 3.05) is 10.5 Å². The molecule has 0 spiro atoms. The molecular formula is C12H9BrClFN2O2S. The van der Waals surface area contributed by atoms with Gasteiger partial charge in [0.1, 0.15) is 10.7 Å². The Bertz CT molecular complexity index is 768. The molecule has 4 nitrogen and oxygen atoms in total. The Morgan fingerprint density at radius 1 is 1.20 bits per heavy atom. The first-order valence-electron chi connectivity index (χ1n) is 5.32. The Morgan fingerprint density at radius 3 is 2.50 bits per heavy atom. The van der Waals surface area contributed by atoms with Crippen LogP contribution in [0.2, 0.25) is 5.02 Å². The van der Waals surface area contributed by atoms with E-state index in [1.807, 2.05) is 0 Å². The number of hydrogen-bond donors (Lipinski definition) is 2. The molecule has 0 aliphatic carbocycles. The summed E-state index contributed by atoms with van der Waals surface area (Å²) in [5.41, 5.74) is 6.05. The molecule has 0 heterocycles. The summed E-state index contributed by atoms with van der Waals surface area (Å²) in [4.78, 5) is -0.450. The monoisotopic (exact) mass is 378 g/mol. The summed E-state index contributed by atoms with van der Waals surface area (Å²) in [7, 11) is -4.04. The molecule has 0 amide bonds. The zero-order valence-electron chi connectivity index (χ0n) is 9.90. The van der Waals surface area contributed by atoms with E-state index in [1.165, 1.54) is 30.3 Å². The lowest BCUT2D eigenvalue weighted by molar-refractivity contribution is 0.570. The van der Waals surface area contributed by atoms with Gasteiger partial charge in [-0.3, -0.25) is 4.72 Å². The van der Waals surface area contributed by atoms with E-state index in [0.29, 0.717) is 10.2 Å². The van der Waals surface area contributed by atoms with Crippen molar-refractivity contribution in [1.29, 1.82) is 0 Å². The van der Waals surface area contributed by atoms with Gasteiger partial charge in [-0.25, -0.2) is 12.8 Å². The smallest absolute Gasteiger partial charge is 0.264 e. The molecule has 0 aliphatic rings. The molecule has 3 N–H and O–H groups in total. The Balaban J connectivity index is 2.38. The highest BCUT2D eigenvalue weighted by Gasteiger charge is 2.19. The summed E-state index contributed by atoms with van der Waals surface area (Å²) in [6, 6.07) is 7.93. The molecule has 2 rings (SSSR count). The number of sulfonamides is 1. The van der Waals surface area contributed by atoms with Crippen LogP contribution in [-0.2, 0) is 10.0 Å². The average molecular weight is 380 g/mol. The maximum absolute atomic E-state index is 13.7. The van der Waals surface area contributed by atoms with Crippen molar-refractivity contribution in [3.05, 3.63) is 51.7 Å². The number of nitrogens with one attached hydrogen (secondary N) is 1. The van der Waals surface area contributed by atoms with Gasteiger partial charge >= 0.3 is 0 Å². The number of nitrogen functional groups attached to an aromatic ring is 1. The summed E-state index contributed by atoms with van der Waals surface area (Å²) in [6.45, 7) is 0. The quantitative estimate of drug-likeness (QED) is 0.800. The predicted octanol–water partition coefficient (Wildman–Crippen LogP) is 3.62. The summed E-state index contributed by atoms with van der Waals surface area (Å²) in [6.07, 6.45) is 0. The predicted molar refractivity (Wildman–Crippen MR) is 80.8 cm³/mol. The van der Waals surface area contributed by atoms with Gasteiger partial charge in [0.2, 0.25) is 0 Å². The van der Waals surface area contributed by atoms with E-state index < -0.39 is 20.7 Å². The lowest BCUT2D eigenvalue weighted by Crippen LogP contribution is -2.14. The number of nitrogens with two attached hydrogens (primary N) is 1. The molecule has 2 aromatic rings. The maximum atomic E-state index is 13.7. The molecule has 2 aromatic carbocycles. The molecule has 0 bridgehead atoms. The molecule has 0 atom stereocenters. The van der Waals surface area contributed by atoms with Crippen LogP contribution in [0, 0.1) is 5.82 Å². The molecule has 0 radical (unpaired) electrons. The molecular weight excluding hydrogens is 371 g/mol. The van der Waals surface area contributed by atoms with E-state index >= 15 is 0 Å².